The van der Waals surface area contributed by atoms with Crippen LogP contribution in [0.5, 0.6) is 0 Å². The summed E-state index contributed by atoms with van der Waals surface area (Å²) in [6.45, 7) is 8.50. The molecule has 0 aromatic rings. The molecule has 0 heterocycles. The van der Waals surface area contributed by atoms with E-state index in [1.54, 1.807) is 0 Å². The third kappa shape index (κ3) is 9.45. The average Bonchev–Trinajstić information content (AvgIpc) is 2.10. The lowest BCUT2D eigenvalue weighted by molar-refractivity contribution is 0.518. The summed E-state index contributed by atoms with van der Waals surface area (Å²) in [5.74, 6) is 0.868. The quantitative estimate of drug-likeness (QED) is 0.566. The number of rotatable bonds is 8. The van der Waals surface area contributed by atoms with Crippen LogP contribution in [0.4, 0.5) is 0 Å². The first-order chi connectivity index (χ1) is 6.16. The second-order valence-corrected chi connectivity index (χ2v) is 4.20. The van der Waals surface area contributed by atoms with E-state index in [1.165, 1.54) is 37.8 Å². The second-order valence-electron chi connectivity index (χ2n) is 4.20. The highest BCUT2D eigenvalue weighted by Crippen LogP contribution is 2.11. The topological polar surface area (TPSA) is 12.0 Å². The smallest absolute Gasteiger partial charge is 0.00310 e. The Morgan fingerprint density at radius 2 is 1.77 bits per heavy atom. The van der Waals surface area contributed by atoms with Crippen LogP contribution in [-0.2, 0) is 0 Å². The summed E-state index contributed by atoms with van der Waals surface area (Å²) in [6.07, 6.45) is 7.94. The van der Waals surface area contributed by atoms with E-state index < -0.39 is 0 Å². The zero-order valence-electron chi connectivity index (χ0n) is 9.53. The molecule has 0 aliphatic heterocycles. The van der Waals surface area contributed by atoms with Gasteiger partial charge in [-0.15, -0.1) is 0 Å². The van der Waals surface area contributed by atoms with Gasteiger partial charge in [0.15, 0.2) is 0 Å². The standard InChI is InChI=1S/C12H25N/c1-11(2)9-7-5-6-8-10-12(3)13-4/h11,13H,3,5-10H2,1-2,4H3. The maximum atomic E-state index is 3.91. The minimum atomic E-state index is 0.868. The SMILES string of the molecule is C=C(CCCCCCC(C)C)NC. The fourth-order valence-electron chi connectivity index (χ4n) is 1.37. The predicted molar refractivity (Wildman–Crippen MR) is 60.7 cm³/mol. The maximum Gasteiger partial charge on any atom is 0.00310 e. The van der Waals surface area contributed by atoms with Crippen LogP contribution in [0.2, 0.25) is 0 Å². The van der Waals surface area contributed by atoms with Crippen LogP contribution in [0.15, 0.2) is 12.3 Å². The lowest BCUT2D eigenvalue weighted by atomic mass is 10.0. The second kappa shape index (κ2) is 8.15. The molecule has 0 bridgehead atoms. The molecular formula is C12H25N. The van der Waals surface area contributed by atoms with Gasteiger partial charge in [-0.3, -0.25) is 0 Å². The van der Waals surface area contributed by atoms with Gasteiger partial charge in [-0.05, 0) is 18.8 Å². The molecule has 0 aromatic heterocycles. The van der Waals surface area contributed by atoms with Crippen molar-refractivity contribution in [1.29, 1.82) is 0 Å². The van der Waals surface area contributed by atoms with Crippen molar-refractivity contribution in [2.45, 2.75) is 52.4 Å². The van der Waals surface area contributed by atoms with Gasteiger partial charge in [-0.2, -0.15) is 0 Å². The molecule has 0 aliphatic carbocycles. The first kappa shape index (κ1) is 12.5. The summed E-state index contributed by atoms with van der Waals surface area (Å²) in [6, 6.07) is 0. The molecule has 0 atom stereocenters. The van der Waals surface area contributed by atoms with E-state index in [1.807, 2.05) is 7.05 Å². The number of nitrogens with one attached hydrogen (secondary N) is 1. The van der Waals surface area contributed by atoms with Crippen LogP contribution in [0.25, 0.3) is 0 Å². The fraction of sp³-hybridized carbons (Fsp3) is 0.833. The lowest BCUT2D eigenvalue weighted by Gasteiger charge is -2.05. The monoisotopic (exact) mass is 183 g/mol. The van der Waals surface area contributed by atoms with E-state index in [0.717, 1.165) is 12.3 Å². The van der Waals surface area contributed by atoms with Gasteiger partial charge < -0.3 is 5.32 Å². The molecule has 0 rings (SSSR count). The van der Waals surface area contributed by atoms with Crippen molar-refractivity contribution in [3.05, 3.63) is 12.3 Å². The molecule has 0 spiro atoms. The zero-order valence-corrected chi connectivity index (χ0v) is 9.53. The number of allylic oxidation sites excluding steroid dienone is 1. The molecule has 0 unspecified atom stereocenters. The normalized spacial score (nSPS) is 10.5. The molecule has 1 N–H and O–H groups in total. The number of hydrogen-bond donors (Lipinski definition) is 1. The molecule has 0 aromatic carbocycles. The Bertz CT molecular complexity index is 127. The Morgan fingerprint density at radius 3 is 2.31 bits per heavy atom. The van der Waals surface area contributed by atoms with Gasteiger partial charge >= 0.3 is 0 Å². The van der Waals surface area contributed by atoms with Crippen molar-refractivity contribution in [3.63, 3.8) is 0 Å². The zero-order chi connectivity index (χ0) is 10.1. The van der Waals surface area contributed by atoms with Crippen molar-refractivity contribution >= 4 is 0 Å². The first-order valence-corrected chi connectivity index (χ1v) is 5.52. The van der Waals surface area contributed by atoms with Gasteiger partial charge in [-0.25, -0.2) is 0 Å². The van der Waals surface area contributed by atoms with Gasteiger partial charge in [0.25, 0.3) is 0 Å². The molecule has 1 nitrogen and oxygen atoms in total. The highest BCUT2D eigenvalue weighted by Gasteiger charge is 1.95. The summed E-state index contributed by atoms with van der Waals surface area (Å²) in [5.41, 5.74) is 1.17. The highest BCUT2D eigenvalue weighted by molar-refractivity contribution is 4.88. The molecule has 0 aliphatic rings. The summed E-state index contributed by atoms with van der Waals surface area (Å²) < 4.78 is 0. The molecular weight excluding hydrogens is 158 g/mol. The van der Waals surface area contributed by atoms with Crippen molar-refractivity contribution in [2.75, 3.05) is 7.05 Å². The Morgan fingerprint density at radius 1 is 1.15 bits per heavy atom. The summed E-state index contributed by atoms with van der Waals surface area (Å²) in [7, 11) is 1.95. The molecule has 13 heavy (non-hydrogen) atoms. The van der Waals surface area contributed by atoms with E-state index in [4.69, 9.17) is 0 Å². The van der Waals surface area contributed by atoms with Crippen LogP contribution >= 0.6 is 0 Å². The minimum absolute atomic E-state index is 0.868. The van der Waals surface area contributed by atoms with E-state index >= 15 is 0 Å². The van der Waals surface area contributed by atoms with Crippen LogP contribution in [0.3, 0.4) is 0 Å². The van der Waals surface area contributed by atoms with E-state index in [-0.39, 0.29) is 0 Å². The lowest BCUT2D eigenvalue weighted by Crippen LogP contribution is -2.03. The molecule has 0 radical (unpaired) electrons. The van der Waals surface area contributed by atoms with Crippen molar-refractivity contribution in [2.24, 2.45) is 5.92 Å². The van der Waals surface area contributed by atoms with Crippen LogP contribution in [-0.4, -0.2) is 7.05 Å². The molecule has 0 amide bonds. The van der Waals surface area contributed by atoms with Crippen LogP contribution < -0.4 is 5.32 Å². The van der Waals surface area contributed by atoms with Gasteiger partial charge in [0.1, 0.15) is 0 Å². The van der Waals surface area contributed by atoms with E-state index in [9.17, 15) is 0 Å². The Hall–Kier alpha value is -0.460. The van der Waals surface area contributed by atoms with Gasteiger partial charge in [0.05, 0.1) is 0 Å². The third-order valence-electron chi connectivity index (χ3n) is 2.36. The first-order valence-electron chi connectivity index (χ1n) is 5.52. The Kier molecular flexibility index (Phi) is 7.86. The Balaban J connectivity index is 3.04. The maximum absolute atomic E-state index is 3.91. The van der Waals surface area contributed by atoms with Crippen molar-refractivity contribution in [1.82, 2.24) is 5.32 Å². The van der Waals surface area contributed by atoms with Gasteiger partial charge in [0, 0.05) is 12.7 Å². The van der Waals surface area contributed by atoms with Crippen LogP contribution in [0.1, 0.15) is 52.4 Å². The highest BCUT2D eigenvalue weighted by atomic mass is 14.8. The molecule has 1 heteroatoms. The van der Waals surface area contributed by atoms with Gasteiger partial charge in [0.2, 0.25) is 0 Å². The molecule has 0 fully saturated rings. The predicted octanol–water partition coefficient (Wildman–Crippen LogP) is 3.72. The number of unbranched alkanes of at least 4 members (excludes halogenated alkanes) is 3. The molecule has 0 saturated heterocycles. The van der Waals surface area contributed by atoms with Crippen molar-refractivity contribution in [3.8, 4) is 0 Å². The van der Waals surface area contributed by atoms with Crippen LogP contribution in [0, 0.1) is 5.92 Å². The molecule has 78 valence electrons. The summed E-state index contributed by atoms with van der Waals surface area (Å²) in [5, 5.41) is 3.08. The third-order valence-corrected chi connectivity index (χ3v) is 2.36. The summed E-state index contributed by atoms with van der Waals surface area (Å²) >= 11 is 0. The largest absolute Gasteiger partial charge is 0.392 e. The van der Waals surface area contributed by atoms with Gasteiger partial charge in [-0.1, -0.05) is 46.1 Å². The Labute approximate surface area is 83.6 Å². The summed E-state index contributed by atoms with van der Waals surface area (Å²) in [4.78, 5) is 0. The fourth-order valence-corrected chi connectivity index (χ4v) is 1.37. The number of hydrogen-bond acceptors (Lipinski definition) is 1. The van der Waals surface area contributed by atoms with Crippen molar-refractivity contribution < 1.29 is 0 Å². The average molecular weight is 183 g/mol. The van der Waals surface area contributed by atoms with E-state index in [0.29, 0.717) is 0 Å². The molecule has 0 saturated carbocycles. The minimum Gasteiger partial charge on any atom is -0.392 e. The van der Waals surface area contributed by atoms with E-state index in [2.05, 4.69) is 25.7 Å².